The van der Waals surface area contributed by atoms with Gasteiger partial charge in [0.25, 0.3) is 5.91 Å². The first kappa shape index (κ1) is 22.5. The van der Waals surface area contributed by atoms with E-state index >= 15 is 0 Å². The second-order valence-electron chi connectivity index (χ2n) is 6.97. The second kappa shape index (κ2) is 10.7. The molecule has 3 aromatic carbocycles. The van der Waals surface area contributed by atoms with E-state index in [9.17, 15) is 4.79 Å². The summed E-state index contributed by atoms with van der Waals surface area (Å²) < 4.78 is 16.8. The normalized spacial score (nSPS) is 11.5. The quantitative estimate of drug-likeness (QED) is 0.456. The number of methoxy groups -OCH3 is 1. The average Bonchev–Trinajstić information content (AvgIpc) is 2.79. The number of hydrogen-bond donors (Lipinski definition) is 1. The van der Waals surface area contributed by atoms with Crippen molar-refractivity contribution in [2.75, 3.05) is 13.7 Å². The molecule has 0 fully saturated rings. The third-order valence-electron chi connectivity index (χ3n) is 4.79. The lowest BCUT2D eigenvalue weighted by molar-refractivity contribution is 0.0939. The molecule has 162 valence electrons. The van der Waals surface area contributed by atoms with Crippen LogP contribution < -0.4 is 19.5 Å². The van der Waals surface area contributed by atoms with Crippen molar-refractivity contribution in [2.45, 2.75) is 26.5 Å². The van der Waals surface area contributed by atoms with Crippen molar-refractivity contribution in [3.8, 4) is 17.2 Å². The smallest absolute Gasteiger partial charge is 0.251 e. The molecule has 0 aliphatic carbocycles. The number of amides is 1. The predicted octanol–water partition coefficient (Wildman–Crippen LogP) is 5.82. The molecule has 1 N–H and O–H groups in total. The van der Waals surface area contributed by atoms with Crippen molar-refractivity contribution in [3.05, 3.63) is 88.4 Å². The van der Waals surface area contributed by atoms with Gasteiger partial charge in [0.1, 0.15) is 23.9 Å². The average molecular weight is 440 g/mol. The van der Waals surface area contributed by atoms with Gasteiger partial charge in [-0.25, -0.2) is 0 Å². The van der Waals surface area contributed by atoms with Gasteiger partial charge in [0, 0.05) is 16.1 Å². The molecule has 3 rings (SSSR count). The van der Waals surface area contributed by atoms with E-state index < -0.39 is 0 Å². The van der Waals surface area contributed by atoms with E-state index in [0.29, 0.717) is 28.7 Å². The first-order chi connectivity index (χ1) is 15.0. The Morgan fingerprint density at radius 1 is 0.968 bits per heavy atom. The summed E-state index contributed by atoms with van der Waals surface area (Å²) in [6.45, 7) is 4.65. The van der Waals surface area contributed by atoms with Crippen LogP contribution in [0.25, 0.3) is 0 Å². The fraction of sp³-hybridized carbons (Fsp3) is 0.240. The second-order valence-corrected chi connectivity index (χ2v) is 7.40. The molecule has 1 atom stereocenters. The third-order valence-corrected chi connectivity index (χ3v) is 5.05. The van der Waals surface area contributed by atoms with Crippen LogP contribution in [0.3, 0.4) is 0 Å². The number of nitrogens with one attached hydrogen (secondary N) is 1. The highest BCUT2D eigenvalue weighted by atomic mass is 35.5. The Morgan fingerprint density at radius 3 is 2.29 bits per heavy atom. The largest absolute Gasteiger partial charge is 0.497 e. The zero-order valence-electron chi connectivity index (χ0n) is 17.9. The predicted molar refractivity (Wildman–Crippen MR) is 122 cm³/mol. The molecular weight excluding hydrogens is 414 g/mol. The summed E-state index contributed by atoms with van der Waals surface area (Å²) in [6.07, 6.45) is 0. The molecule has 3 aromatic rings. The van der Waals surface area contributed by atoms with Gasteiger partial charge < -0.3 is 19.5 Å². The van der Waals surface area contributed by atoms with E-state index in [4.69, 9.17) is 25.8 Å². The molecule has 0 aliphatic rings. The van der Waals surface area contributed by atoms with Gasteiger partial charge in [-0.2, -0.15) is 0 Å². The molecular formula is C25H26ClNO4. The van der Waals surface area contributed by atoms with Gasteiger partial charge in [-0.15, -0.1) is 0 Å². The molecule has 0 spiro atoms. The highest BCUT2D eigenvalue weighted by molar-refractivity contribution is 6.30. The molecule has 5 nitrogen and oxygen atoms in total. The first-order valence-electron chi connectivity index (χ1n) is 10.1. The Bertz CT molecular complexity index is 1000. The molecule has 0 unspecified atom stereocenters. The van der Waals surface area contributed by atoms with Gasteiger partial charge in [0.2, 0.25) is 0 Å². The van der Waals surface area contributed by atoms with Crippen molar-refractivity contribution < 1.29 is 19.0 Å². The molecule has 0 aliphatic heterocycles. The van der Waals surface area contributed by atoms with E-state index in [-0.39, 0.29) is 18.6 Å². The molecule has 0 radical (unpaired) electrons. The van der Waals surface area contributed by atoms with Crippen LogP contribution in [0.15, 0.2) is 66.7 Å². The Hall–Kier alpha value is -3.18. The van der Waals surface area contributed by atoms with Gasteiger partial charge in [-0.1, -0.05) is 23.7 Å². The van der Waals surface area contributed by atoms with Crippen molar-refractivity contribution in [1.82, 2.24) is 5.32 Å². The highest BCUT2D eigenvalue weighted by Gasteiger charge is 2.14. The fourth-order valence-electron chi connectivity index (χ4n) is 3.08. The van der Waals surface area contributed by atoms with Crippen LogP contribution in [0.4, 0.5) is 0 Å². The topological polar surface area (TPSA) is 56.8 Å². The van der Waals surface area contributed by atoms with Crippen LogP contribution in [-0.2, 0) is 6.61 Å². The number of carbonyl (C=O) groups is 1. The molecule has 0 aromatic heterocycles. The SMILES string of the molecule is CCOc1ccc(C(=O)N[C@H](C)c2ccc(Cl)cc2)cc1COc1ccc(OC)cc1. The van der Waals surface area contributed by atoms with Crippen molar-refractivity contribution in [3.63, 3.8) is 0 Å². The maximum Gasteiger partial charge on any atom is 0.251 e. The number of hydrogen-bond acceptors (Lipinski definition) is 4. The van der Waals surface area contributed by atoms with Crippen LogP contribution >= 0.6 is 11.6 Å². The number of rotatable bonds is 9. The molecule has 31 heavy (non-hydrogen) atoms. The summed E-state index contributed by atoms with van der Waals surface area (Å²) in [5.41, 5.74) is 2.31. The minimum absolute atomic E-state index is 0.157. The summed E-state index contributed by atoms with van der Waals surface area (Å²) in [5.74, 6) is 1.99. The van der Waals surface area contributed by atoms with E-state index in [1.807, 2.05) is 62.4 Å². The summed E-state index contributed by atoms with van der Waals surface area (Å²) in [5, 5.41) is 3.68. The number of benzene rings is 3. The molecule has 0 saturated heterocycles. The Labute approximate surface area is 187 Å². The van der Waals surface area contributed by atoms with Gasteiger partial charge >= 0.3 is 0 Å². The maximum atomic E-state index is 12.8. The van der Waals surface area contributed by atoms with E-state index in [1.54, 1.807) is 25.3 Å². The van der Waals surface area contributed by atoms with E-state index in [0.717, 1.165) is 16.9 Å². The monoisotopic (exact) mass is 439 g/mol. The van der Waals surface area contributed by atoms with Crippen LogP contribution in [0.5, 0.6) is 17.2 Å². The van der Waals surface area contributed by atoms with Crippen LogP contribution in [0.1, 0.15) is 41.4 Å². The summed E-state index contributed by atoms with van der Waals surface area (Å²) in [6, 6.07) is 20.0. The molecule has 1 amide bonds. The standard InChI is InChI=1S/C25H26ClNO4/c1-4-30-24-14-7-19(25(28)27-17(2)18-5-8-21(26)9-6-18)15-20(24)16-31-23-12-10-22(29-3)11-13-23/h5-15,17H,4,16H2,1-3H3,(H,27,28)/t17-/m1/s1. The summed E-state index contributed by atoms with van der Waals surface area (Å²) in [4.78, 5) is 12.8. The lowest BCUT2D eigenvalue weighted by Gasteiger charge is -2.16. The van der Waals surface area contributed by atoms with Crippen LogP contribution in [0.2, 0.25) is 5.02 Å². The Morgan fingerprint density at radius 2 is 1.65 bits per heavy atom. The zero-order chi connectivity index (χ0) is 22.2. The maximum absolute atomic E-state index is 12.8. The fourth-order valence-corrected chi connectivity index (χ4v) is 3.20. The lowest BCUT2D eigenvalue weighted by Crippen LogP contribution is -2.26. The van der Waals surface area contributed by atoms with Crippen LogP contribution in [-0.4, -0.2) is 19.6 Å². The molecule has 0 saturated carbocycles. The van der Waals surface area contributed by atoms with Gasteiger partial charge in [-0.05, 0) is 74.0 Å². The third kappa shape index (κ3) is 6.15. The molecule has 6 heteroatoms. The molecule has 0 bridgehead atoms. The number of carbonyl (C=O) groups excluding carboxylic acids is 1. The zero-order valence-corrected chi connectivity index (χ0v) is 18.6. The summed E-state index contributed by atoms with van der Waals surface area (Å²) in [7, 11) is 1.62. The Balaban J connectivity index is 1.72. The van der Waals surface area contributed by atoms with Gasteiger partial charge in [0.15, 0.2) is 0 Å². The summed E-state index contributed by atoms with van der Waals surface area (Å²) >= 11 is 5.95. The van der Waals surface area contributed by atoms with Crippen molar-refractivity contribution in [1.29, 1.82) is 0 Å². The van der Waals surface area contributed by atoms with E-state index in [1.165, 1.54) is 0 Å². The van der Waals surface area contributed by atoms with Crippen molar-refractivity contribution >= 4 is 17.5 Å². The minimum atomic E-state index is -0.170. The molecule has 0 heterocycles. The number of halogens is 1. The lowest BCUT2D eigenvalue weighted by atomic mass is 10.1. The van der Waals surface area contributed by atoms with Gasteiger partial charge in [-0.3, -0.25) is 4.79 Å². The minimum Gasteiger partial charge on any atom is -0.497 e. The van der Waals surface area contributed by atoms with Crippen LogP contribution in [0, 0.1) is 0 Å². The van der Waals surface area contributed by atoms with E-state index in [2.05, 4.69) is 5.32 Å². The highest BCUT2D eigenvalue weighted by Crippen LogP contribution is 2.24. The Kier molecular flexibility index (Phi) is 7.79. The first-order valence-corrected chi connectivity index (χ1v) is 10.5. The van der Waals surface area contributed by atoms with Crippen molar-refractivity contribution in [2.24, 2.45) is 0 Å². The number of ether oxygens (including phenoxy) is 3. The van der Waals surface area contributed by atoms with Gasteiger partial charge in [0.05, 0.1) is 19.8 Å².